The molecule has 9 heteroatoms. The third kappa shape index (κ3) is 6.91. The second-order valence-corrected chi connectivity index (χ2v) is 11.3. The first-order valence-electron chi connectivity index (χ1n) is 11.8. The number of ether oxygens (including phenoxy) is 1. The van der Waals surface area contributed by atoms with E-state index in [0.29, 0.717) is 24.6 Å². The van der Waals surface area contributed by atoms with Crippen LogP contribution in [0.5, 0.6) is 5.75 Å². The van der Waals surface area contributed by atoms with Crippen molar-refractivity contribution in [3.8, 4) is 5.75 Å². The van der Waals surface area contributed by atoms with Crippen molar-refractivity contribution in [2.45, 2.75) is 75.5 Å². The first-order chi connectivity index (χ1) is 15.3. The van der Waals surface area contributed by atoms with Crippen LogP contribution in [0.15, 0.2) is 29.2 Å². The van der Waals surface area contributed by atoms with Gasteiger partial charge in [-0.2, -0.15) is 4.31 Å². The Balaban J connectivity index is 1.63. The first-order valence-corrected chi connectivity index (χ1v) is 13.2. The molecule has 0 spiro atoms. The molecule has 4 N–H and O–H groups in total. The average molecular weight is 467 g/mol. The van der Waals surface area contributed by atoms with E-state index in [-0.39, 0.29) is 29.5 Å². The zero-order valence-corrected chi connectivity index (χ0v) is 20.1. The molecule has 2 saturated heterocycles. The van der Waals surface area contributed by atoms with Crippen LogP contribution in [0.2, 0.25) is 0 Å². The van der Waals surface area contributed by atoms with Gasteiger partial charge in [-0.3, -0.25) is 4.79 Å². The molecule has 2 aliphatic rings. The third-order valence-corrected chi connectivity index (χ3v) is 7.97. The molecule has 0 aliphatic carbocycles. The third-order valence-electron chi connectivity index (χ3n) is 6.09. The minimum atomic E-state index is -3.66. The first kappa shape index (κ1) is 25.0. The molecule has 2 heterocycles. The molecule has 0 bridgehead atoms. The summed E-state index contributed by atoms with van der Waals surface area (Å²) in [6, 6.07) is 5.88. The Kier molecular flexibility index (Phi) is 8.93. The van der Waals surface area contributed by atoms with Crippen LogP contribution in [0.25, 0.3) is 0 Å². The second kappa shape index (κ2) is 11.4. The number of hydrogen-bond acceptors (Lipinski definition) is 6. The fraction of sp³-hybridized carbons (Fsp3) is 0.696. The minimum absolute atomic E-state index is 0.163. The number of carbonyl (C=O) groups excluding carboxylic acids is 1. The molecule has 1 unspecified atom stereocenters. The lowest BCUT2D eigenvalue weighted by Gasteiger charge is -2.26. The summed E-state index contributed by atoms with van der Waals surface area (Å²) < 4.78 is 34.1. The Morgan fingerprint density at radius 1 is 1.19 bits per heavy atom. The lowest BCUT2D eigenvalue weighted by molar-refractivity contribution is -0.123. The van der Waals surface area contributed by atoms with Gasteiger partial charge in [0.05, 0.1) is 10.9 Å². The summed E-state index contributed by atoms with van der Waals surface area (Å²) in [7, 11) is -3.66. The summed E-state index contributed by atoms with van der Waals surface area (Å²) in [5.41, 5.74) is 6.01. The van der Waals surface area contributed by atoms with Crippen LogP contribution in [0.1, 0.15) is 52.4 Å². The molecule has 2 fully saturated rings. The summed E-state index contributed by atoms with van der Waals surface area (Å²) >= 11 is 0. The van der Waals surface area contributed by atoms with Gasteiger partial charge < -0.3 is 21.1 Å². The highest BCUT2D eigenvalue weighted by Crippen LogP contribution is 2.24. The molecule has 1 amide bonds. The van der Waals surface area contributed by atoms with Crippen LogP contribution < -0.4 is 21.1 Å². The van der Waals surface area contributed by atoms with E-state index in [1.54, 1.807) is 24.3 Å². The number of sulfonamides is 1. The summed E-state index contributed by atoms with van der Waals surface area (Å²) in [5.74, 6) is 0.807. The second-order valence-electron chi connectivity index (χ2n) is 9.34. The van der Waals surface area contributed by atoms with Gasteiger partial charge in [0.25, 0.3) is 0 Å². The number of piperidine rings is 1. The summed E-state index contributed by atoms with van der Waals surface area (Å²) in [6.07, 6.45) is 5.03. The fourth-order valence-corrected chi connectivity index (χ4v) is 5.84. The molecular weight excluding hydrogens is 428 g/mol. The van der Waals surface area contributed by atoms with Gasteiger partial charge >= 0.3 is 0 Å². The molecule has 32 heavy (non-hydrogen) atoms. The lowest BCUT2D eigenvalue weighted by atomic mass is 10.0. The Bertz CT molecular complexity index is 838. The Hall–Kier alpha value is -1.68. The van der Waals surface area contributed by atoms with Crippen molar-refractivity contribution in [3.63, 3.8) is 0 Å². The van der Waals surface area contributed by atoms with Crippen molar-refractivity contribution in [2.75, 3.05) is 26.2 Å². The van der Waals surface area contributed by atoms with Crippen LogP contribution in [0.3, 0.4) is 0 Å². The maximum atomic E-state index is 13.3. The van der Waals surface area contributed by atoms with Gasteiger partial charge in [-0.1, -0.05) is 20.3 Å². The Labute approximate surface area is 192 Å². The molecule has 2 atom stereocenters. The van der Waals surface area contributed by atoms with E-state index >= 15 is 0 Å². The topological polar surface area (TPSA) is 114 Å². The number of nitrogens with one attached hydrogen (secondary N) is 2. The number of nitrogens with two attached hydrogens (primary N) is 1. The predicted molar refractivity (Wildman–Crippen MR) is 125 cm³/mol. The summed E-state index contributed by atoms with van der Waals surface area (Å²) in [4.78, 5) is 12.7. The van der Waals surface area contributed by atoms with Crippen molar-refractivity contribution >= 4 is 15.9 Å². The van der Waals surface area contributed by atoms with Gasteiger partial charge in [0, 0.05) is 19.1 Å². The standard InChI is InChI=1S/C23H38N4O4S/c1-17(2)15-22(24)23(28)26-18-5-3-4-14-27(16-18)32(29,30)21-8-6-19(7-9-21)31-20-10-12-25-13-11-20/h6-9,17-18,20,22,25H,3-5,10-16,24H2,1-2H3,(H,26,28)/t18?,22-/m0/s1. The fourth-order valence-electron chi connectivity index (χ4n) is 4.31. The van der Waals surface area contributed by atoms with E-state index in [1.807, 2.05) is 13.8 Å². The van der Waals surface area contributed by atoms with E-state index in [9.17, 15) is 13.2 Å². The number of hydrogen-bond donors (Lipinski definition) is 3. The molecule has 1 aromatic rings. The number of benzene rings is 1. The van der Waals surface area contributed by atoms with Crippen LogP contribution in [-0.2, 0) is 14.8 Å². The van der Waals surface area contributed by atoms with Crippen molar-refractivity contribution in [3.05, 3.63) is 24.3 Å². The van der Waals surface area contributed by atoms with E-state index in [1.165, 1.54) is 4.31 Å². The van der Waals surface area contributed by atoms with Gasteiger partial charge in [-0.25, -0.2) is 8.42 Å². The minimum Gasteiger partial charge on any atom is -0.490 e. The highest BCUT2D eigenvalue weighted by atomic mass is 32.2. The quantitative estimate of drug-likeness (QED) is 0.539. The zero-order valence-electron chi connectivity index (χ0n) is 19.3. The molecule has 0 radical (unpaired) electrons. The normalized spacial score (nSPS) is 22.3. The Morgan fingerprint density at radius 3 is 2.53 bits per heavy atom. The van der Waals surface area contributed by atoms with Gasteiger partial charge in [0.1, 0.15) is 11.9 Å². The molecule has 0 saturated carbocycles. The highest BCUT2D eigenvalue weighted by Gasteiger charge is 2.30. The highest BCUT2D eigenvalue weighted by molar-refractivity contribution is 7.89. The molecule has 0 aromatic heterocycles. The van der Waals surface area contributed by atoms with Crippen molar-refractivity contribution in [1.29, 1.82) is 0 Å². The summed E-state index contributed by atoms with van der Waals surface area (Å²) in [5, 5.41) is 6.28. The number of rotatable bonds is 8. The molecule has 3 rings (SSSR count). The smallest absolute Gasteiger partial charge is 0.243 e. The zero-order chi connectivity index (χ0) is 23.1. The van der Waals surface area contributed by atoms with Gasteiger partial charge in [0.15, 0.2) is 0 Å². The van der Waals surface area contributed by atoms with E-state index < -0.39 is 16.1 Å². The maximum Gasteiger partial charge on any atom is 0.243 e. The van der Waals surface area contributed by atoms with E-state index in [4.69, 9.17) is 10.5 Å². The number of amides is 1. The maximum absolute atomic E-state index is 13.3. The van der Waals surface area contributed by atoms with Gasteiger partial charge in [-0.05, 0) is 75.4 Å². The van der Waals surface area contributed by atoms with E-state index in [2.05, 4.69) is 10.6 Å². The summed E-state index contributed by atoms with van der Waals surface area (Å²) in [6.45, 7) is 6.62. The lowest BCUT2D eigenvalue weighted by Crippen LogP contribution is -2.50. The monoisotopic (exact) mass is 466 g/mol. The van der Waals surface area contributed by atoms with Gasteiger partial charge in [-0.15, -0.1) is 0 Å². The molecule has 180 valence electrons. The number of nitrogens with zero attached hydrogens (tertiary/aromatic N) is 1. The van der Waals surface area contributed by atoms with Crippen molar-refractivity contribution < 1.29 is 17.9 Å². The SMILES string of the molecule is CC(C)C[C@H](N)C(=O)NC1CCCCN(S(=O)(=O)c2ccc(OC3CCNCC3)cc2)C1. The van der Waals surface area contributed by atoms with Crippen LogP contribution in [0.4, 0.5) is 0 Å². The van der Waals surface area contributed by atoms with Crippen molar-refractivity contribution in [1.82, 2.24) is 14.9 Å². The molecular formula is C23H38N4O4S. The largest absolute Gasteiger partial charge is 0.490 e. The predicted octanol–water partition coefficient (Wildman–Crippen LogP) is 1.85. The van der Waals surface area contributed by atoms with Crippen LogP contribution in [-0.4, -0.2) is 63.0 Å². The average Bonchev–Trinajstić information content (AvgIpc) is 3.00. The molecule has 1 aromatic carbocycles. The molecule has 8 nitrogen and oxygen atoms in total. The van der Waals surface area contributed by atoms with Crippen LogP contribution in [0, 0.1) is 5.92 Å². The van der Waals surface area contributed by atoms with Gasteiger partial charge in [0.2, 0.25) is 15.9 Å². The molecule has 2 aliphatic heterocycles. The van der Waals surface area contributed by atoms with Crippen LogP contribution >= 0.6 is 0 Å². The van der Waals surface area contributed by atoms with E-state index in [0.717, 1.165) is 45.2 Å². The Morgan fingerprint density at radius 2 is 1.88 bits per heavy atom. The number of carbonyl (C=O) groups is 1. The van der Waals surface area contributed by atoms with Crippen molar-refractivity contribution in [2.24, 2.45) is 11.7 Å².